The van der Waals surface area contributed by atoms with Gasteiger partial charge in [-0.1, -0.05) is 12.8 Å². The van der Waals surface area contributed by atoms with Crippen LogP contribution in [0.5, 0.6) is 0 Å². The van der Waals surface area contributed by atoms with Crippen molar-refractivity contribution in [3.63, 3.8) is 0 Å². The molecule has 0 amide bonds. The molecule has 2 rings (SSSR count). The molecule has 2 aliphatic rings. The Bertz CT molecular complexity index is 190. The second-order valence-electron chi connectivity index (χ2n) is 4.08. The van der Waals surface area contributed by atoms with Crippen LogP contribution < -0.4 is 0 Å². The number of hydrogen-bond donors (Lipinski definition) is 0. The Morgan fingerprint density at radius 3 is 2.67 bits per heavy atom. The van der Waals surface area contributed by atoms with Gasteiger partial charge >= 0.3 is 0 Å². The van der Waals surface area contributed by atoms with Gasteiger partial charge in [0.15, 0.2) is 0 Å². The number of rotatable bonds is 0. The fraction of sp³-hybridized carbons (Fsp3) is 0.900. The van der Waals surface area contributed by atoms with Crippen LogP contribution >= 0.6 is 11.6 Å². The first-order valence-electron chi connectivity index (χ1n) is 4.96. The number of carbonyl (C=O) groups excluding carboxylic acids is 1. The maximum Gasteiger partial charge on any atom is 0.136 e. The van der Waals surface area contributed by atoms with E-state index in [1.54, 1.807) is 0 Å². The summed E-state index contributed by atoms with van der Waals surface area (Å²) in [6.45, 7) is 0. The lowest BCUT2D eigenvalue weighted by atomic mass is 9.70. The highest BCUT2D eigenvalue weighted by atomic mass is 35.5. The van der Waals surface area contributed by atoms with Crippen LogP contribution in [-0.4, -0.2) is 11.2 Å². The number of carbonyl (C=O) groups is 1. The molecule has 0 bridgehead atoms. The average Bonchev–Trinajstić information content (AvgIpc) is 2.12. The summed E-state index contributed by atoms with van der Waals surface area (Å²) in [5.41, 5.74) is 0. The molecule has 3 atom stereocenters. The predicted molar refractivity (Wildman–Crippen MR) is 49.3 cm³/mol. The minimum atomic E-state index is 0.285. The van der Waals surface area contributed by atoms with Gasteiger partial charge in [0, 0.05) is 17.7 Å². The Hall–Kier alpha value is -0.0400. The average molecular weight is 187 g/mol. The molecule has 0 saturated heterocycles. The SMILES string of the molecule is O=C1CC[C@@H](Cl)[C@H]2CCCC[C@H]12. The number of hydrogen-bond acceptors (Lipinski definition) is 1. The van der Waals surface area contributed by atoms with Gasteiger partial charge in [-0.25, -0.2) is 0 Å². The van der Waals surface area contributed by atoms with Crippen LogP contribution in [0.25, 0.3) is 0 Å². The van der Waals surface area contributed by atoms with Gasteiger partial charge in [-0.15, -0.1) is 11.6 Å². The summed E-state index contributed by atoms with van der Waals surface area (Å²) < 4.78 is 0. The van der Waals surface area contributed by atoms with E-state index in [0.29, 0.717) is 17.6 Å². The molecule has 2 fully saturated rings. The zero-order chi connectivity index (χ0) is 8.55. The van der Waals surface area contributed by atoms with Crippen LogP contribution in [0, 0.1) is 11.8 Å². The van der Waals surface area contributed by atoms with Crippen molar-refractivity contribution >= 4 is 17.4 Å². The first-order chi connectivity index (χ1) is 5.79. The molecule has 0 aromatic rings. The molecule has 0 aliphatic heterocycles. The second-order valence-corrected chi connectivity index (χ2v) is 4.64. The van der Waals surface area contributed by atoms with Gasteiger partial charge in [-0.2, -0.15) is 0 Å². The summed E-state index contributed by atoms with van der Waals surface area (Å²) in [7, 11) is 0. The number of halogens is 1. The van der Waals surface area contributed by atoms with Crippen molar-refractivity contribution in [3.05, 3.63) is 0 Å². The van der Waals surface area contributed by atoms with E-state index >= 15 is 0 Å². The lowest BCUT2D eigenvalue weighted by Crippen LogP contribution is -2.37. The summed E-state index contributed by atoms with van der Waals surface area (Å²) >= 11 is 6.20. The van der Waals surface area contributed by atoms with Gasteiger partial charge < -0.3 is 0 Å². The van der Waals surface area contributed by atoms with Gasteiger partial charge in [0.05, 0.1) is 0 Å². The van der Waals surface area contributed by atoms with E-state index in [4.69, 9.17) is 11.6 Å². The molecular formula is C10H15ClO. The van der Waals surface area contributed by atoms with Crippen LogP contribution in [0.4, 0.5) is 0 Å². The zero-order valence-corrected chi connectivity index (χ0v) is 8.02. The van der Waals surface area contributed by atoms with E-state index in [1.165, 1.54) is 19.3 Å². The van der Waals surface area contributed by atoms with Crippen molar-refractivity contribution in [2.45, 2.75) is 43.9 Å². The molecule has 1 nitrogen and oxygen atoms in total. The van der Waals surface area contributed by atoms with E-state index < -0.39 is 0 Å². The van der Waals surface area contributed by atoms with Crippen LogP contribution in [0.3, 0.4) is 0 Å². The lowest BCUT2D eigenvalue weighted by molar-refractivity contribution is -0.127. The summed E-state index contributed by atoms with van der Waals surface area (Å²) in [5, 5.41) is 0.285. The molecule has 2 saturated carbocycles. The summed E-state index contributed by atoms with van der Waals surface area (Å²) in [4.78, 5) is 11.5. The van der Waals surface area contributed by atoms with Gasteiger partial charge in [0.25, 0.3) is 0 Å². The minimum absolute atomic E-state index is 0.285. The van der Waals surface area contributed by atoms with Crippen LogP contribution in [-0.2, 0) is 4.79 Å². The number of fused-ring (bicyclic) bond motifs is 1. The first-order valence-corrected chi connectivity index (χ1v) is 5.39. The molecule has 0 heterocycles. The summed E-state index contributed by atoms with van der Waals surface area (Å²) in [6, 6.07) is 0. The monoisotopic (exact) mass is 186 g/mol. The smallest absolute Gasteiger partial charge is 0.136 e. The van der Waals surface area contributed by atoms with Crippen molar-refractivity contribution in [2.75, 3.05) is 0 Å². The van der Waals surface area contributed by atoms with E-state index in [9.17, 15) is 4.79 Å². The van der Waals surface area contributed by atoms with E-state index in [2.05, 4.69) is 0 Å². The van der Waals surface area contributed by atoms with E-state index in [-0.39, 0.29) is 5.38 Å². The van der Waals surface area contributed by atoms with Crippen molar-refractivity contribution < 1.29 is 4.79 Å². The maximum absolute atomic E-state index is 11.5. The number of alkyl halides is 1. The molecule has 2 heteroatoms. The summed E-state index contributed by atoms with van der Waals surface area (Å²) in [5.74, 6) is 1.33. The fourth-order valence-electron chi connectivity index (χ4n) is 2.67. The zero-order valence-electron chi connectivity index (χ0n) is 7.26. The Morgan fingerprint density at radius 2 is 1.92 bits per heavy atom. The van der Waals surface area contributed by atoms with Crippen LogP contribution in [0.1, 0.15) is 38.5 Å². The van der Waals surface area contributed by atoms with Crippen molar-refractivity contribution in [1.82, 2.24) is 0 Å². The highest BCUT2D eigenvalue weighted by Gasteiger charge is 2.38. The second kappa shape index (κ2) is 3.37. The maximum atomic E-state index is 11.5. The largest absolute Gasteiger partial charge is 0.299 e. The molecule has 0 unspecified atom stereocenters. The van der Waals surface area contributed by atoms with E-state index in [0.717, 1.165) is 19.3 Å². The number of ketones is 1. The third-order valence-electron chi connectivity index (χ3n) is 3.36. The first kappa shape index (κ1) is 8.55. The summed E-state index contributed by atoms with van der Waals surface area (Å²) in [6.07, 6.45) is 6.45. The van der Waals surface area contributed by atoms with Gasteiger partial charge in [0.1, 0.15) is 5.78 Å². The highest BCUT2D eigenvalue weighted by Crippen LogP contribution is 2.40. The third kappa shape index (κ3) is 1.39. The fourth-order valence-corrected chi connectivity index (χ4v) is 3.08. The molecule has 12 heavy (non-hydrogen) atoms. The molecule has 68 valence electrons. The molecule has 0 aromatic carbocycles. The van der Waals surface area contributed by atoms with Crippen molar-refractivity contribution in [2.24, 2.45) is 11.8 Å². The van der Waals surface area contributed by atoms with Gasteiger partial charge in [0.2, 0.25) is 0 Å². The van der Waals surface area contributed by atoms with Crippen LogP contribution in [0.2, 0.25) is 0 Å². The Morgan fingerprint density at radius 1 is 1.17 bits per heavy atom. The molecule has 0 spiro atoms. The van der Waals surface area contributed by atoms with Crippen LogP contribution in [0.15, 0.2) is 0 Å². The van der Waals surface area contributed by atoms with Crippen molar-refractivity contribution in [1.29, 1.82) is 0 Å². The molecule has 2 aliphatic carbocycles. The van der Waals surface area contributed by atoms with E-state index in [1.807, 2.05) is 0 Å². The highest BCUT2D eigenvalue weighted by molar-refractivity contribution is 6.21. The van der Waals surface area contributed by atoms with Gasteiger partial charge in [-0.3, -0.25) is 4.79 Å². The predicted octanol–water partition coefficient (Wildman–Crippen LogP) is 2.76. The molecular weight excluding hydrogens is 172 g/mol. The molecule has 0 aromatic heterocycles. The van der Waals surface area contributed by atoms with Gasteiger partial charge in [-0.05, 0) is 25.2 Å². The molecule has 0 N–H and O–H groups in total. The van der Waals surface area contributed by atoms with Crippen molar-refractivity contribution in [3.8, 4) is 0 Å². The molecule has 0 radical (unpaired) electrons. The lowest BCUT2D eigenvalue weighted by Gasteiger charge is -2.37. The standard InChI is InChI=1S/C10H15ClO/c11-9-5-6-10(12)8-4-2-1-3-7(8)9/h7-9H,1-6H2/t7-,8-,9+/m0/s1. The Balaban J connectivity index is 2.11. The minimum Gasteiger partial charge on any atom is -0.299 e. The number of Topliss-reactive ketones (excluding diaryl/α,β-unsaturated/α-hetero) is 1. The Labute approximate surface area is 78.5 Å². The normalized spacial score (nSPS) is 42.4. The topological polar surface area (TPSA) is 17.1 Å². The quantitative estimate of drug-likeness (QED) is 0.532. The Kier molecular flexibility index (Phi) is 2.40. The third-order valence-corrected chi connectivity index (χ3v) is 3.91.